The lowest BCUT2D eigenvalue weighted by Gasteiger charge is -2.11. The lowest BCUT2D eigenvalue weighted by molar-refractivity contribution is -0.138. The third-order valence-corrected chi connectivity index (χ3v) is 3.69. The van der Waals surface area contributed by atoms with Crippen molar-refractivity contribution in [3.63, 3.8) is 0 Å². The van der Waals surface area contributed by atoms with Crippen LogP contribution in [0.15, 0.2) is 42.5 Å². The van der Waals surface area contributed by atoms with E-state index >= 15 is 0 Å². The maximum absolute atomic E-state index is 12.0. The number of rotatable bonds is 8. The summed E-state index contributed by atoms with van der Waals surface area (Å²) in [6.45, 7) is 0.0682. The fourth-order valence-electron chi connectivity index (χ4n) is 2.39. The summed E-state index contributed by atoms with van der Waals surface area (Å²) in [6, 6.07) is 10.7. The highest BCUT2D eigenvalue weighted by Gasteiger charge is 2.09. The number of hydrogen-bond donors (Lipinski definition) is 0. The van der Waals surface area contributed by atoms with E-state index in [0.717, 1.165) is 0 Å². The molecule has 0 amide bonds. The van der Waals surface area contributed by atoms with Crippen molar-refractivity contribution in [3.8, 4) is 23.0 Å². The minimum absolute atomic E-state index is 0.0682. The Morgan fingerprint density at radius 3 is 2.35 bits per heavy atom. The minimum Gasteiger partial charge on any atom is -0.497 e. The largest absolute Gasteiger partial charge is 0.497 e. The molecule has 138 valence electrons. The third kappa shape index (κ3) is 4.69. The number of hydrogen-bond acceptors (Lipinski definition) is 6. The van der Waals surface area contributed by atoms with Crippen LogP contribution >= 0.6 is 0 Å². The topological polar surface area (TPSA) is 63.2 Å². The van der Waals surface area contributed by atoms with Gasteiger partial charge in [-0.3, -0.25) is 0 Å². The van der Waals surface area contributed by atoms with Crippen molar-refractivity contribution in [2.75, 3.05) is 28.4 Å². The number of para-hydroxylation sites is 1. The van der Waals surface area contributed by atoms with Crippen molar-refractivity contribution in [3.05, 3.63) is 53.6 Å². The maximum Gasteiger partial charge on any atom is 0.331 e. The standard InChI is InChI=1S/C20H22O6/c1-22-16-9-10-17(23-2)15(12-16)13-26-19(21)11-8-14-6-5-7-18(24-3)20(14)25-4/h5-12H,13H2,1-4H3/b11-8+. The Kier molecular flexibility index (Phi) is 6.91. The van der Waals surface area contributed by atoms with Crippen LogP contribution in [0, 0.1) is 0 Å². The molecule has 0 heterocycles. The van der Waals surface area contributed by atoms with Gasteiger partial charge in [-0.1, -0.05) is 12.1 Å². The van der Waals surface area contributed by atoms with Gasteiger partial charge in [0.1, 0.15) is 18.1 Å². The van der Waals surface area contributed by atoms with Gasteiger partial charge in [-0.15, -0.1) is 0 Å². The molecule has 0 bridgehead atoms. The second-order valence-electron chi connectivity index (χ2n) is 5.20. The van der Waals surface area contributed by atoms with Gasteiger partial charge >= 0.3 is 5.97 Å². The van der Waals surface area contributed by atoms with Crippen LogP contribution in [0.3, 0.4) is 0 Å². The number of ether oxygens (including phenoxy) is 5. The molecule has 0 atom stereocenters. The SMILES string of the molecule is COc1ccc(OC)c(COC(=O)/C=C/c2cccc(OC)c2OC)c1. The Morgan fingerprint density at radius 1 is 0.923 bits per heavy atom. The minimum atomic E-state index is -0.486. The second kappa shape index (κ2) is 9.36. The molecule has 6 nitrogen and oxygen atoms in total. The molecule has 0 aliphatic rings. The molecule has 2 aromatic carbocycles. The summed E-state index contributed by atoms with van der Waals surface area (Å²) in [4.78, 5) is 12.0. The molecule has 0 aliphatic carbocycles. The first-order valence-electron chi connectivity index (χ1n) is 7.89. The van der Waals surface area contributed by atoms with Gasteiger partial charge in [0.2, 0.25) is 0 Å². The van der Waals surface area contributed by atoms with Crippen LogP contribution in [0.2, 0.25) is 0 Å². The smallest absolute Gasteiger partial charge is 0.331 e. The van der Waals surface area contributed by atoms with Gasteiger partial charge in [-0.25, -0.2) is 4.79 Å². The van der Waals surface area contributed by atoms with E-state index < -0.39 is 5.97 Å². The molecule has 2 aromatic rings. The van der Waals surface area contributed by atoms with Gasteiger partial charge in [-0.2, -0.15) is 0 Å². The first-order chi connectivity index (χ1) is 12.6. The molecule has 0 radical (unpaired) electrons. The van der Waals surface area contributed by atoms with Crippen molar-refractivity contribution in [1.29, 1.82) is 0 Å². The Hall–Kier alpha value is -3.15. The Balaban J connectivity index is 2.07. The zero-order valence-corrected chi connectivity index (χ0v) is 15.3. The van der Waals surface area contributed by atoms with E-state index in [-0.39, 0.29) is 6.61 Å². The van der Waals surface area contributed by atoms with Crippen LogP contribution in [0.25, 0.3) is 6.08 Å². The molecule has 0 saturated carbocycles. The summed E-state index contributed by atoms with van der Waals surface area (Å²) in [7, 11) is 6.23. The number of benzene rings is 2. The molecule has 6 heteroatoms. The van der Waals surface area contributed by atoms with E-state index in [1.54, 1.807) is 58.8 Å². The molecule has 0 saturated heterocycles. The predicted octanol–water partition coefficient (Wildman–Crippen LogP) is 3.48. The maximum atomic E-state index is 12.0. The fraction of sp³-hybridized carbons (Fsp3) is 0.250. The Morgan fingerprint density at radius 2 is 1.69 bits per heavy atom. The predicted molar refractivity (Wildman–Crippen MR) is 97.9 cm³/mol. The van der Waals surface area contributed by atoms with Gasteiger partial charge < -0.3 is 23.7 Å². The molecular formula is C20H22O6. The summed E-state index contributed by atoms with van der Waals surface area (Å²) in [5.41, 5.74) is 1.43. The summed E-state index contributed by atoms with van der Waals surface area (Å²) >= 11 is 0. The number of carbonyl (C=O) groups is 1. The van der Waals surface area contributed by atoms with E-state index in [2.05, 4.69) is 0 Å². The van der Waals surface area contributed by atoms with Crippen molar-refractivity contribution < 1.29 is 28.5 Å². The summed E-state index contributed by atoms with van der Waals surface area (Å²) in [6.07, 6.45) is 2.95. The number of esters is 1. The highest BCUT2D eigenvalue weighted by molar-refractivity contribution is 5.87. The lowest BCUT2D eigenvalue weighted by Crippen LogP contribution is -2.03. The van der Waals surface area contributed by atoms with Crippen LogP contribution in [0.5, 0.6) is 23.0 Å². The normalized spacial score (nSPS) is 10.5. The fourth-order valence-corrected chi connectivity index (χ4v) is 2.39. The molecule has 0 N–H and O–H groups in total. The van der Waals surface area contributed by atoms with Crippen LogP contribution in [-0.4, -0.2) is 34.4 Å². The Bertz CT molecular complexity index is 782. The first-order valence-corrected chi connectivity index (χ1v) is 7.89. The van der Waals surface area contributed by atoms with Crippen LogP contribution < -0.4 is 18.9 Å². The van der Waals surface area contributed by atoms with Gasteiger partial charge in [0.05, 0.1) is 28.4 Å². The van der Waals surface area contributed by atoms with Gasteiger partial charge in [-0.05, 0) is 30.3 Å². The summed E-state index contributed by atoms with van der Waals surface area (Å²) in [5.74, 6) is 1.93. The van der Waals surface area contributed by atoms with Crippen LogP contribution in [0.4, 0.5) is 0 Å². The molecule has 2 rings (SSSR count). The first kappa shape index (κ1) is 19.2. The number of carbonyl (C=O) groups excluding carboxylic acids is 1. The lowest BCUT2D eigenvalue weighted by atomic mass is 10.1. The Labute approximate surface area is 152 Å². The highest BCUT2D eigenvalue weighted by Crippen LogP contribution is 2.31. The zero-order valence-electron chi connectivity index (χ0n) is 15.3. The average Bonchev–Trinajstić information content (AvgIpc) is 2.69. The van der Waals surface area contributed by atoms with E-state index in [9.17, 15) is 4.79 Å². The molecule has 0 aliphatic heterocycles. The van der Waals surface area contributed by atoms with E-state index in [4.69, 9.17) is 23.7 Å². The quantitative estimate of drug-likeness (QED) is 0.532. The molecule has 0 spiro atoms. The second-order valence-corrected chi connectivity index (χ2v) is 5.20. The van der Waals surface area contributed by atoms with Crippen LogP contribution in [0.1, 0.15) is 11.1 Å². The number of methoxy groups -OCH3 is 4. The molecule has 0 aromatic heterocycles. The van der Waals surface area contributed by atoms with Gasteiger partial charge in [0.25, 0.3) is 0 Å². The van der Waals surface area contributed by atoms with E-state index in [1.807, 2.05) is 12.1 Å². The molecule has 26 heavy (non-hydrogen) atoms. The average molecular weight is 358 g/mol. The van der Waals surface area contributed by atoms with Gasteiger partial charge in [0, 0.05) is 17.2 Å². The summed E-state index contributed by atoms with van der Waals surface area (Å²) < 4.78 is 26.3. The summed E-state index contributed by atoms with van der Waals surface area (Å²) in [5, 5.41) is 0. The molecule has 0 unspecified atom stereocenters. The van der Waals surface area contributed by atoms with Crippen molar-refractivity contribution in [2.24, 2.45) is 0 Å². The van der Waals surface area contributed by atoms with Crippen molar-refractivity contribution >= 4 is 12.0 Å². The third-order valence-electron chi connectivity index (χ3n) is 3.69. The van der Waals surface area contributed by atoms with E-state index in [1.165, 1.54) is 6.08 Å². The van der Waals surface area contributed by atoms with Crippen LogP contribution in [-0.2, 0) is 16.1 Å². The van der Waals surface area contributed by atoms with E-state index in [0.29, 0.717) is 34.1 Å². The molecular weight excluding hydrogens is 336 g/mol. The van der Waals surface area contributed by atoms with Gasteiger partial charge in [0.15, 0.2) is 11.5 Å². The highest BCUT2D eigenvalue weighted by atomic mass is 16.5. The monoisotopic (exact) mass is 358 g/mol. The molecule has 0 fully saturated rings. The zero-order chi connectivity index (χ0) is 18.9. The van der Waals surface area contributed by atoms with Crippen molar-refractivity contribution in [1.82, 2.24) is 0 Å². The van der Waals surface area contributed by atoms with Crippen molar-refractivity contribution in [2.45, 2.75) is 6.61 Å².